The van der Waals surface area contributed by atoms with Gasteiger partial charge >= 0.3 is 0 Å². The topological polar surface area (TPSA) is 55.1 Å². The molecule has 0 aliphatic carbocycles. The minimum atomic E-state index is 0. The second-order valence-electron chi connectivity index (χ2n) is 5.06. The van der Waals surface area contributed by atoms with E-state index >= 15 is 0 Å². The van der Waals surface area contributed by atoms with Crippen LogP contribution in [-0.2, 0) is 11.2 Å². The van der Waals surface area contributed by atoms with Crippen molar-refractivity contribution < 1.29 is 4.79 Å². The highest BCUT2D eigenvalue weighted by atomic mass is 35.5. The third-order valence-electron chi connectivity index (χ3n) is 2.81. The first-order valence-electron chi connectivity index (χ1n) is 6.63. The minimum absolute atomic E-state index is 0. The van der Waals surface area contributed by atoms with Gasteiger partial charge in [-0.05, 0) is 36.6 Å². The third kappa shape index (κ3) is 8.24. The molecule has 5 heteroatoms. The van der Waals surface area contributed by atoms with Crippen molar-refractivity contribution in [1.82, 2.24) is 5.32 Å². The van der Waals surface area contributed by atoms with Crippen LogP contribution in [0.15, 0.2) is 17.5 Å². The van der Waals surface area contributed by atoms with E-state index in [-0.39, 0.29) is 24.4 Å². The number of carbonyl (C=O) groups is 1. The largest absolute Gasteiger partial charge is 0.352 e. The number of thiophene rings is 1. The Kier molecular flexibility index (Phi) is 9.92. The van der Waals surface area contributed by atoms with E-state index in [1.807, 2.05) is 6.07 Å². The summed E-state index contributed by atoms with van der Waals surface area (Å²) in [5.41, 5.74) is 5.66. The van der Waals surface area contributed by atoms with Gasteiger partial charge in [-0.15, -0.1) is 23.7 Å². The van der Waals surface area contributed by atoms with Crippen molar-refractivity contribution in [3.63, 3.8) is 0 Å². The van der Waals surface area contributed by atoms with E-state index < -0.39 is 0 Å². The van der Waals surface area contributed by atoms with Crippen LogP contribution in [0.1, 0.15) is 38.0 Å². The molecule has 0 radical (unpaired) electrons. The molecule has 1 rings (SSSR count). The van der Waals surface area contributed by atoms with Gasteiger partial charge in [-0.2, -0.15) is 0 Å². The minimum Gasteiger partial charge on any atom is -0.352 e. The Bertz CT molecular complexity index is 341. The van der Waals surface area contributed by atoms with Gasteiger partial charge < -0.3 is 11.1 Å². The van der Waals surface area contributed by atoms with Crippen molar-refractivity contribution in [3.05, 3.63) is 22.4 Å². The molecule has 0 aliphatic heterocycles. The van der Waals surface area contributed by atoms with Crippen molar-refractivity contribution in [2.45, 2.75) is 45.6 Å². The molecule has 1 unspecified atom stereocenters. The molecule has 3 N–H and O–H groups in total. The number of amides is 1. The SMILES string of the molecule is CC(C)CC(CN)NC(=O)CCCc1cccs1.Cl. The van der Waals surface area contributed by atoms with Gasteiger partial charge in [-0.1, -0.05) is 19.9 Å². The van der Waals surface area contributed by atoms with Crippen LogP contribution in [-0.4, -0.2) is 18.5 Å². The Morgan fingerprint density at radius 1 is 1.47 bits per heavy atom. The number of aryl methyl sites for hydroxylation is 1. The smallest absolute Gasteiger partial charge is 0.220 e. The number of nitrogens with one attached hydrogen (secondary N) is 1. The maximum atomic E-state index is 11.8. The molecule has 0 aromatic carbocycles. The zero-order valence-electron chi connectivity index (χ0n) is 11.7. The second-order valence-corrected chi connectivity index (χ2v) is 6.09. The number of halogens is 1. The van der Waals surface area contributed by atoms with E-state index in [0.717, 1.165) is 19.3 Å². The second kappa shape index (κ2) is 10.2. The lowest BCUT2D eigenvalue weighted by atomic mass is 10.0. The quantitative estimate of drug-likeness (QED) is 0.776. The molecular formula is C14H25ClN2OS. The van der Waals surface area contributed by atoms with Crippen LogP contribution in [0.2, 0.25) is 0 Å². The standard InChI is InChI=1S/C14H24N2OS.ClH/c1-11(2)9-12(10-15)16-14(17)7-3-5-13-6-4-8-18-13;/h4,6,8,11-12H,3,5,7,9-10,15H2,1-2H3,(H,16,17);1H. The monoisotopic (exact) mass is 304 g/mol. The van der Waals surface area contributed by atoms with Crippen molar-refractivity contribution in [3.8, 4) is 0 Å². The average Bonchev–Trinajstić information content (AvgIpc) is 2.80. The van der Waals surface area contributed by atoms with Gasteiger partial charge in [0.2, 0.25) is 5.91 Å². The molecule has 0 saturated heterocycles. The Morgan fingerprint density at radius 3 is 2.74 bits per heavy atom. The highest BCUT2D eigenvalue weighted by molar-refractivity contribution is 7.09. The van der Waals surface area contributed by atoms with E-state index in [9.17, 15) is 4.79 Å². The van der Waals surface area contributed by atoms with Gasteiger partial charge in [0.05, 0.1) is 0 Å². The summed E-state index contributed by atoms with van der Waals surface area (Å²) in [6.45, 7) is 4.81. The highest BCUT2D eigenvalue weighted by Gasteiger charge is 2.12. The Labute approximate surface area is 126 Å². The molecule has 1 amide bonds. The van der Waals surface area contributed by atoms with Crippen LogP contribution in [0.4, 0.5) is 0 Å². The molecule has 1 atom stereocenters. The molecule has 110 valence electrons. The zero-order chi connectivity index (χ0) is 13.4. The van der Waals surface area contributed by atoms with E-state index in [4.69, 9.17) is 5.73 Å². The Balaban J connectivity index is 0.00000324. The maximum absolute atomic E-state index is 11.8. The fraction of sp³-hybridized carbons (Fsp3) is 0.643. The first-order chi connectivity index (χ1) is 8.61. The predicted octanol–water partition coefficient (Wildman–Crippen LogP) is 2.98. The van der Waals surface area contributed by atoms with E-state index in [0.29, 0.717) is 18.9 Å². The molecule has 3 nitrogen and oxygen atoms in total. The number of hydrogen-bond acceptors (Lipinski definition) is 3. The van der Waals surface area contributed by atoms with Crippen molar-refractivity contribution in [2.24, 2.45) is 11.7 Å². The lowest BCUT2D eigenvalue weighted by Gasteiger charge is -2.18. The number of hydrogen-bond donors (Lipinski definition) is 2. The first-order valence-corrected chi connectivity index (χ1v) is 7.51. The van der Waals surface area contributed by atoms with Crippen LogP contribution in [0.25, 0.3) is 0 Å². The summed E-state index contributed by atoms with van der Waals surface area (Å²) in [5.74, 6) is 0.688. The van der Waals surface area contributed by atoms with E-state index in [1.165, 1.54) is 4.88 Å². The van der Waals surface area contributed by atoms with Gasteiger partial charge in [0.1, 0.15) is 0 Å². The maximum Gasteiger partial charge on any atom is 0.220 e. The normalized spacial score (nSPS) is 12.0. The Hall–Kier alpha value is -0.580. The van der Waals surface area contributed by atoms with Crippen LogP contribution in [0.5, 0.6) is 0 Å². The van der Waals surface area contributed by atoms with Crippen LogP contribution in [0.3, 0.4) is 0 Å². The number of rotatable bonds is 8. The summed E-state index contributed by atoms with van der Waals surface area (Å²) in [5, 5.41) is 5.09. The molecule has 0 bridgehead atoms. The highest BCUT2D eigenvalue weighted by Crippen LogP contribution is 2.12. The Morgan fingerprint density at radius 2 is 2.21 bits per heavy atom. The van der Waals surface area contributed by atoms with Crippen molar-refractivity contribution >= 4 is 29.7 Å². The van der Waals surface area contributed by atoms with Crippen LogP contribution < -0.4 is 11.1 Å². The molecule has 1 aromatic heterocycles. The van der Waals surface area contributed by atoms with E-state index in [1.54, 1.807) is 11.3 Å². The predicted molar refractivity (Wildman–Crippen MR) is 84.9 cm³/mol. The average molecular weight is 305 g/mol. The van der Waals surface area contributed by atoms with Crippen LogP contribution in [0, 0.1) is 5.92 Å². The van der Waals surface area contributed by atoms with Gasteiger partial charge in [-0.25, -0.2) is 0 Å². The molecule has 0 spiro atoms. The fourth-order valence-electron chi connectivity index (χ4n) is 1.96. The summed E-state index contributed by atoms with van der Waals surface area (Å²) in [6, 6.07) is 4.29. The molecule has 1 aromatic rings. The van der Waals surface area contributed by atoms with Gasteiger partial charge in [-0.3, -0.25) is 4.79 Å². The molecule has 0 saturated carbocycles. The lowest BCUT2D eigenvalue weighted by molar-refractivity contribution is -0.121. The van der Waals surface area contributed by atoms with Crippen molar-refractivity contribution in [1.29, 1.82) is 0 Å². The third-order valence-corrected chi connectivity index (χ3v) is 3.75. The summed E-state index contributed by atoms with van der Waals surface area (Å²) in [4.78, 5) is 13.1. The van der Waals surface area contributed by atoms with Crippen molar-refractivity contribution in [2.75, 3.05) is 6.54 Å². The molecule has 1 heterocycles. The van der Waals surface area contributed by atoms with Gasteiger partial charge in [0, 0.05) is 23.9 Å². The molecule has 19 heavy (non-hydrogen) atoms. The van der Waals surface area contributed by atoms with Crippen LogP contribution >= 0.6 is 23.7 Å². The fourth-order valence-corrected chi connectivity index (χ4v) is 2.71. The molecular weight excluding hydrogens is 280 g/mol. The number of carbonyl (C=O) groups excluding carboxylic acids is 1. The lowest BCUT2D eigenvalue weighted by Crippen LogP contribution is -2.40. The van der Waals surface area contributed by atoms with Gasteiger partial charge in [0.15, 0.2) is 0 Å². The first kappa shape index (κ1) is 18.4. The number of nitrogens with two attached hydrogens (primary N) is 1. The summed E-state index contributed by atoms with van der Waals surface area (Å²) in [6.07, 6.45) is 3.44. The summed E-state index contributed by atoms with van der Waals surface area (Å²) < 4.78 is 0. The molecule has 0 aliphatic rings. The van der Waals surface area contributed by atoms with E-state index in [2.05, 4.69) is 30.6 Å². The summed E-state index contributed by atoms with van der Waals surface area (Å²) >= 11 is 1.75. The van der Waals surface area contributed by atoms with Gasteiger partial charge in [0.25, 0.3) is 0 Å². The zero-order valence-corrected chi connectivity index (χ0v) is 13.4. The summed E-state index contributed by atoms with van der Waals surface area (Å²) in [7, 11) is 0. The molecule has 0 fully saturated rings.